The van der Waals surface area contributed by atoms with Crippen molar-refractivity contribution in [2.45, 2.75) is 30.8 Å². The Morgan fingerprint density at radius 1 is 1.15 bits per heavy atom. The molecule has 1 saturated heterocycles. The number of hydrogen-bond acceptors (Lipinski definition) is 5. The Morgan fingerprint density at radius 3 is 2.61 bits per heavy atom. The molecule has 2 heterocycles. The van der Waals surface area contributed by atoms with E-state index in [1.807, 2.05) is 18.2 Å². The van der Waals surface area contributed by atoms with Crippen molar-refractivity contribution in [2.24, 2.45) is 7.05 Å². The first-order valence-electron chi connectivity index (χ1n) is 10.6. The molecule has 0 saturated carbocycles. The molecule has 1 aliphatic heterocycles. The number of nitrogens with zero attached hydrogens (tertiary/aromatic N) is 2. The van der Waals surface area contributed by atoms with E-state index in [0.717, 1.165) is 12.8 Å². The number of carbonyl (C=O) groups excluding carboxylic acids is 1. The molecule has 4 rings (SSSR count). The molecule has 9 nitrogen and oxygen atoms in total. The van der Waals surface area contributed by atoms with Crippen molar-refractivity contribution in [1.82, 2.24) is 14.1 Å². The Hall–Kier alpha value is -3.21. The van der Waals surface area contributed by atoms with Gasteiger partial charge in [-0.25, -0.2) is 17.8 Å². The number of hydrogen-bond donors (Lipinski definition) is 2. The van der Waals surface area contributed by atoms with Crippen LogP contribution in [0.25, 0.3) is 5.69 Å². The average molecular weight is 471 g/mol. The van der Waals surface area contributed by atoms with Gasteiger partial charge < -0.3 is 10.1 Å². The topological polar surface area (TPSA) is 111 Å². The van der Waals surface area contributed by atoms with E-state index in [1.54, 1.807) is 30.8 Å². The van der Waals surface area contributed by atoms with Crippen molar-refractivity contribution in [3.8, 4) is 5.69 Å². The maximum atomic E-state index is 13.0. The second kappa shape index (κ2) is 9.34. The quantitative estimate of drug-likeness (QED) is 0.550. The molecule has 0 aliphatic carbocycles. The summed E-state index contributed by atoms with van der Waals surface area (Å²) in [6.45, 7) is 2.54. The van der Waals surface area contributed by atoms with E-state index in [1.165, 1.54) is 28.9 Å². The fourth-order valence-corrected chi connectivity index (χ4v) is 4.91. The number of sulfonamides is 1. The smallest absolute Gasteiger partial charge is 0.295 e. The Morgan fingerprint density at radius 2 is 1.91 bits per heavy atom. The second-order valence-corrected chi connectivity index (χ2v) is 9.67. The fraction of sp³-hybridized carbons (Fsp3) is 0.304. The highest BCUT2D eigenvalue weighted by molar-refractivity contribution is 7.89. The van der Waals surface area contributed by atoms with Crippen molar-refractivity contribution in [2.75, 3.05) is 18.5 Å². The highest BCUT2D eigenvalue weighted by atomic mass is 32.2. The number of para-hydroxylation sites is 1. The largest absolute Gasteiger partial charge is 0.377 e. The molecule has 0 radical (unpaired) electrons. The first-order chi connectivity index (χ1) is 15.8. The minimum atomic E-state index is -3.81. The number of nitrogens with one attached hydrogen (secondary N) is 2. The summed E-state index contributed by atoms with van der Waals surface area (Å²) in [4.78, 5) is 25.9. The third kappa shape index (κ3) is 4.77. The van der Waals surface area contributed by atoms with Crippen LogP contribution in [0.4, 0.5) is 5.69 Å². The van der Waals surface area contributed by atoms with Gasteiger partial charge in [-0.3, -0.25) is 14.3 Å². The lowest BCUT2D eigenvalue weighted by Crippen LogP contribution is -2.32. The van der Waals surface area contributed by atoms with Crippen LogP contribution < -0.4 is 15.6 Å². The molecule has 0 bridgehead atoms. The van der Waals surface area contributed by atoms with Crippen molar-refractivity contribution in [3.05, 3.63) is 76.2 Å². The van der Waals surface area contributed by atoms with Gasteiger partial charge in [0.25, 0.3) is 11.5 Å². The zero-order valence-electron chi connectivity index (χ0n) is 18.4. The molecule has 0 spiro atoms. The zero-order valence-corrected chi connectivity index (χ0v) is 19.3. The van der Waals surface area contributed by atoms with E-state index in [-0.39, 0.29) is 34.4 Å². The second-order valence-electron chi connectivity index (χ2n) is 7.91. The van der Waals surface area contributed by atoms with Gasteiger partial charge in [-0.15, -0.1) is 0 Å². The molecular formula is C23H26N4O5S. The van der Waals surface area contributed by atoms with Crippen molar-refractivity contribution in [1.29, 1.82) is 0 Å². The van der Waals surface area contributed by atoms with Gasteiger partial charge in [0, 0.05) is 25.8 Å². The summed E-state index contributed by atoms with van der Waals surface area (Å²) in [5.74, 6) is -0.572. The molecule has 1 unspecified atom stereocenters. The van der Waals surface area contributed by atoms with Gasteiger partial charge in [-0.1, -0.05) is 24.3 Å². The molecule has 1 atom stereocenters. The molecule has 33 heavy (non-hydrogen) atoms. The van der Waals surface area contributed by atoms with Gasteiger partial charge in [0.05, 0.1) is 22.4 Å². The van der Waals surface area contributed by atoms with Crippen LogP contribution in [0.15, 0.2) is 64.3 Å². The predicted molar refractivity (Wildman–Crippen MR) is 124 cm³/mol. The number of rotatable bonds is 7. The van der Waals surface area contributed by atoms with E-state index in [0.29, 0.717) is 18.0 Å². The lowest BCUT2D eigenvalue weighted by molar-refractivity contribution is 0.102. The van der Waals surface area contributed by atoms with Crippen LogP contribution in [0.1, 0.15) is 28.9 Å². The van der Waals surface area contributed by atoms with E-state index in [2.05, 4.69) is 10.0 Å². The number of benzene rings is 2. The van der Waals surface area contributed by atoms with Crippen LogP contribution in [0.3, 0.4) is 0 Å². The summed E-state index contributed by atoms with van der Waals surface area (Å²) in [6, 6.07) is 14.8. The van der Waals surface area contributed by atoms with E-state index in [4.69, 9.17) is 4.74 Å². The van der Waals surface area contributed by atoms with Crippen molar-refractivity contribution < 1.29 is 17.9 Å². The summed E-state index contributed by atoms with van der Waals surface area (Å²) >= 11 is 0. The maximum Gasteiger partial charge on any atom is 0.295 e. The summed E-state index contributed by atoms with van der Waals surface area (Å²) < 4.78 is 36.5. The molecule has 3 aromatic rings. The summed E-state index contributed by atoms with van der Waals surface area (Å²) in [7, 11) is -2.08. The Bertz CT molecular complexity index is 1320. The highest BCUT2D eigenvalue weighted by Gasteiger charge is 2.22. The molecule has 1 amide bonds. The number of anilines is 1. The molecule has 1 aliphatic rings. The number of ether oxygens (including phenoxy) is 1. The highest BCUT2D eigenvalue weighted by Crippen LogP contribution is 2.18. The van der Waals surface area contributed by atoms with Gasteiger partial charge in [-0.05, 0) is 50.1 Å². The number of amides is 1. The van der Waals surface area contributed by atoms with Gasteiger partial charge in [0.1, 0.15) is 5.69 Å². The van der Waals surface area contributed by atoms with Crippen molar-refractivity contribution in [3.63, 3.8) is 0 Å². The zero-order chi connectivity index (χ0) is 23.6. The van der Waals surface area contributed by atoms with E-state index >= 15 is 0 Å². The van der Waals surface area contributed by atoms with Crippen LogP contribution in [-0.2, 0) is 21.8 Å². The van der Waals surface area contributed by atoms with Gasteiger partial charge in [0.2, 0.25) is 10.0 Å². The Kier molecular flexibility index (Phi) is 6.50. The molecule has 1 fully saturated rings. The molecule has 2 N–H and O–H groups in total. The third-order valence-electron chi connectivity index (χ3n) is 5.72. The van der Waals surface area contributed by atoms with Gasteiger partial charge in [-0.2, -0.15) is 0 Å². The monoisotopic (exact) mass is 470 g/mol. The number of aromatic nitrogens is 2. The standard InChI is InChI=1S/C23H26N4O5S/c1-16-21(23(29)27(26(16)2)18-9-4-3-5-10-18)25-22(28)17-8-6-12-20(14-17)33(30,31)24-15-19-11-7-13-32-19/h3-6,8-10,12,14,19,24H,7,11,13,15H2,1-2H3,(H,25,28). The minimum Gasteiger partial charge on any atom is -0.377 e. The summed E-state index contributed by atoms with van der Waals surface area (Å²) in [5.41, 5.74) is 1.12. The van der Waals surface area contributed by atoms with Crippen LogP contribution in [0.2, 0.25) is 0 Å². The maximum absolute atomic E-state index is 13.0. The summed E-state index contributed by atoms with van der Waals surface area (Å²) in [5, 5.41) is 2.65. The fourth-order valence-electron chi connectivity index (χ4n) is 3.79. The lowest BCUT2D eigenvalue weighted by Gasteiger charge is -2.12. The molecule has 10 heteroatoms. The SMILES string of the molecule is Cc1c(NC(=O)c2cccc(S(=O)(=O)NCC3CCCO3)c2)c(=O)n(-c2ccccc2)n1C. The lowest BCUT2D eigenvalue weighted by atomic mass is 10.2. The molecule has 2 aromatic carbocycles. The molecule has 174 valence electrons. The normalized spacial score (nSPS) is 16.1. The minimum absolute atomic E-state index is 0.0281. The summed E-state index contributed by atoms with van der Waals surface area (Å²) in [6.07, 6.45) is 1.58. The van der Waals surface area contributed by atoms with Crippen LogP contribution in [0.5, 0.6) is 0 Å². The van der Waals surface area contributed by atoms with E-state index in [9.17, 15) is 18.0 Å². The number of carbonyl (C=O) groups is 1. The first-order valence-corrected chi connectivity index (χ1v) is 12.1. The van der Waals surface area contributed by atoms with Crippen LogP contribution in [0, 0.1) is 6.92 Å². The Labute approximate surface area is 192 Å². The Balaban J connectivity index is 1.56. The average Bonchev–Trinajstić information content (AvgIpc) is 3.41. The van der Waals surface area contributed by atoms with Gasteiger partial charge in [0.15, 0.2) is 0 Å². The van der Waals surface area contributed by atoms with Gasteiger partial charge >= 0.3 is 0 Å². The molecular weight excluding hydrogens is 444 g/mol. The third-order valence-corrected chi connectivity index (χ3v) is 7.15. The predicted octanol–water partition coefficient (Wildman–Crippen LogP) is 2.19. The van der Waals surface area contributed by atoms with Crippen LogP contribution >= 0.6 is 0 Å². The van der Waals surface area contributed by atoms with Crippen molar-refractivity contribution >= 4 is 21.6 Å². The van der Waals surface area contributed by atoms with E-state index < -0.39 is 15.9 Å². The van der Waals surface area contributed by atoms with Crippen LogP contribution in [-0.4, -0.2) is 42.9 Å². The first kappa shape index (κ1) is 23.0. The molecule has 1 aromatic heterocycles.